The van der Waals surface area contributed by atoms with Crippen LogP contribution >= 0.6 is 0 Å². The fourth-order valence-electron chi connectivity index (χ4n) is 1.47. The van der Waals surface area contributed by atoms with Crippen LogP contribution in [0.25, 0.3) is 5.57 Å². The molecule has 1 aromatic heterocycles. The average molecular weight is 177 g/mol. The lowest BCUT2D eigenvalue weighted by Gasteiger charge is -1.99. The van der Waals surface area contributed by atoms with Crippen molar-refractivity contribution in [3.8, 4) is 0 Å². The van der Waals surface area contributed by atoms with E-state index in [2.05, 4.69) is 16.7 Å². The first-order valence-corrected chi connectivity index (χ1v) is 4.19. The van der Waals surface area contributed by atoms with Crippen molar-refractivity contribution >= 4 is 11.8 Å². The van der Waals surface area contributed by atoms with Crippen LogP contribution in [-0.4, -0.2) is 23.0 Å². The van der Waals surface area contributed by atoms with Crippen molar-refractivity contribution in [2.24, 2.45) is 12.0 Å². The van der Waals surface area contributed by atoms with E-state index in [9.17, 15) is 0 Å². The van der Waals surface area contributed by atoms with Crippen molar-refractivity contribution in [2.45, 2.75) is 13.8 Å². The second kappa shape index (κ2) is 3.56. The van der Waals surface area contributed by atoms with Crippen molar-refractivity contribution in [3.05, 3.63) is 23.5 Å². The Morgan fingerprint density at radius 3 is 2.69 bits per heavy atom. The average Bonchev–Trinajstić information content (AvgIpc) is 2.27. The Balaban J connectivity index is 3.37. The summed E-state index contributed by atoms with van der Waals surface area (Å²) in [6.45, 7) is 7.89. The lowest BCUT2D eigenvalue weighted by molar-refractivity contribution is 0.751. The molecule has 0 bridgehead atoms. The van der Waals surface area contributed by atoms with Crippen molar-refractivity contribution in [2.75, 3.05) is 7.05 Å². The molecule has 0 radical (unpaired) electrons. The van der Waals surface area contributed by atoms with Gasteiger partial charge in [0.15, 0.2) is 0 Å². The molecular weight excluding hydrogens is 162 g/mol. The van der Waals surface area contributed by atoms with Crippen LogP contribution in [0.15, 0.2) is 11.6 Å². The van der Waals surface area contributed by atoms with Crippen molar-refractivity contribution in [1.82, 2.24) is 9.78 Å². The minimum absolute atomic E-state index is 1.00. The lowest BCUT2D eigenvalue weighted by atomic mass is 10.1. The Morgan fingerprint density at radius 1 is 1.62 bits per heavy atom. The molecule has 70 valence electrons. The van der Waals surface area contributed by atoms with E-state index in [-0.39, 0.29) is 0 Å². The van der Waals surface area contributed by atoms with E-state index in [1.165, 1.54) is 0 Å². The molecule has 1 aromatic rings. The zero-order valence-electron chi connectivity index (χ0n) is 8.63. The zero-order valence-corrected chi connectivity index (χ0v) is 8.63. The molecule has 1 rings (SSSR count). The third-order valence-corrected chi connectivity index (χ3v) is 1.94. The van der Waals surface area contributed by atoms with Gasteiger partial charge in [0.05, 0.1) is 11.4 Å². The maximum Gasteiger partial charge on any atom is 0.0862 e. The molecule has 1 heterocycles. The molecule has 0 saturated carbocycles. The third-order valence-electron chi connectivity index (χ3n) is 1.94. The van der Waals surface area contributed by atoms with Crippen LogP contribution in [0.1, 0.15) is 23.9 Å². The van der Waals surface area contributed by atoms with E-state index in [4.69, 9.17) is 0 Å². The molecule has 0 amide bonds. The van der Waals surface area contributed by atoms with Gasteiger partial charge < -0.3 is 0 Å². The van der Waals surface area contributed by atoms with E-state index in [1.54, 1.807) is 7.05 Å². The van der Waals surface area contributed by atoms with Crippen LogP contribution in [0, 0.1) is 6.92 Å². The van der Waals surface area contributed by atoms with Gasteiger partial charge in [-0.25, -0.2) is 0 Å². The van der Waals surface area contributed by atoms with E-state index in [0.717, 1.165) is 22.5 Å². The molecule has 0 aliphatic heterocycles. The largest absolute Gasteiger partial charge is 0.294 e. The van der Waals surface area contributed by atoms with Gasteiger partial charge in [0, 0.05) is 25.9 Å². The minimum atomic E-state index is 1.00. The number of hydrogen-bond donors (Lipinski definition) is 0. The fraction of sp³-hybridized carbons (Fsp3) is 0.400. The summed E-state index contributed by atoms with van der Waals surface area (Å²) in [5.41, 5.74) is 4.16. The molecule has 3 heteroatoms. The maximum absolute atomic E-state index is 4.32. The van der Waals surface area contributed by atoms with E-state index >= 15 is 0 Å². The molecule has 3 nitrogen and oxygen atoms in total. The molecule has 0 aliphatic carbocycles. The van der Waals surface area contributed by atoms with Crippen molar-refractivity contribution in [1.29, 1.82) is 0 Å². The highest BCUT2D eigenvalue weighted by Crippen LogP contribution is 2.19. The van der Waals surface area contributed by atoms with Gasteiger partial charge in [-0.1, -0.05) is 6.58 Å². The van der Waals surface area contributed by atoms with Gasteiger partial charge >= 0.3 is 0 Å². The van der Waals surface area contributed by atoms with E-state index in [1.807, 2.05) is 31.8 Å². The van der Waals surface area contributed by atoms with Gasteiger partial charge in [-0.05, 0) is 19.4 Å². The number of aliphatic imine (C=N–C) groups is 1. The van der Waals surface area contributed by atoms with Gasteiger partial charge in [0.2, 0.25) is 0 Å². The summed E-state index contributed by atoms with van der Waals surface area (Å²) in [6, 6.07) is 0. The summed E-state index contributed by atoms with van der Waals surface area (Å²) in [5.74, 6) is 0. The van der Waals surface area contributed by atoms with Crippen molar-refractivity contribution in [3.63, 3.8) is 0 Å². The Kier molecular flexibility index (Phi) is 2.66. The fourth-order valence-corrected chi connectivity index (χ4v) is 1.47. The van der Waals surface area contributed by atoms with Crippen LogP contribution in [0.3, 0.4) is 0 Å². The predicted molar refractivity (Wildman–Crippen MR) is 56.2 cm³/mol. The highest BCUT2D eigenvalue weighted by molar-refractivity contribution is 5.86. The number of aryl methyl sites for hydroxylation is 2. The number of hydrogen-bond acceptors (Lipinski definition) is 2. The summed E-state index contributed by atoms with van der Waals surface area (Å²) < 4.78 is 1.83. The van der Waals surface area contributed by atoms with Gasteiger partial charge in [-0.3, -0.25) is 9.67 Å². The summed E-state index contributed by atoms with van der Waals surface area (Å²) in [6.07, 6.45) is 1.81. The molecule has 0 aliphatic rings. The predicted octanol–water partition coefficient (Wildman–Crippen LogP) is 1.81. The first kappa shape index (κ1) is 9.71. The van der Waals surface area contributed by atoms with E-state index in [0.29, 0.717) is 0 Å². The summed E-state index contributed by atoms with van der Waals surface area (Å²) in [5, 5.41) is 4.32. The number of allylic oxidation sites excluding steroid dienone is 1. The third kappa shape index (κ3) is 1.69. The van der Waals surface area contributed by atoms with Crippen LogP contribution in [0.5, 0.6) is 0 Å². The van der Waals surface area contributed by atoms with Crippen molar-refractivity contribution < 1.29 is 0 Å². The topological polar surface area (TPSA) is 30.2 Å². The molecule has 0 unspecified atom stereocenters. The summed E-state index contributed by atoms with van der Waals surface area (Å²) >= 11 is 0. The normalized spacial score (nSPS) is 11.1. The van der Waals surface area contributed by atoms with E-state index < -0.39 is 0 Å². The van der Waals surface area contributed by atoms with Gasteiger partial charge in [-0.15, -0.1) is 0 Å². The van der Waals surface area contributed by atoms with Crippen LogP contribution in [-0.2, 0) is 7.05 Å². The molecule has 0 saturated heterocycles. The highest BCUT2D eigenvalue weighted by atomic mass is 15.3. The first-order chi connectivity index (χ1) is 6.07. The second-order valence-corrected chi connectivity index (χ2v) is 3.14. The highest BCUT2D eigenvalue weighted by Gasteiger charge is 2.10. The van der Waals surface area contributed by atoms with Crippen LogP contribution in [0.2, 0.25) is 0 Å². The summed E-state index contributed by atoms with van der Waals surface area (Å²) in [7, 11) is 3.67. The van der Waals surface area contributed by atoms with Gasteiger partial charge in [-0.2, -0.15) is 5.10 Å². The maximum atomic E-state index is 4.32. The Morgan fingerprint density at radius 2 is 2.23 bits per heavy atom. The zero-order chi connectivity index (χ0) is 10.0. The second-order valence-electron chi connectivity index (χ2n) is 3.14. The first-order valence-electron chi connectivity index (χ1n) is 4.19. The lowest BCUT2D eigenvalue weighted by Crippen LogP contribution is -1.98. The summed E-state index contributed by atoms with van der Waals surface area (Å²) in [4.78, 5) is 4.00. The smallest absolute Gasteiger partial charge is 0.0862 e. The van der Waals surface area contributed by atoms with Crippen LogP contribution in [0.4, 0.5) is 0 Å². The Hall–Kier alpha value is -1.38. The number of nitrogens with zero attached hydrogens (tertiary/aromatic N) is 3. The SMILES string of the molecule is C=C(C)c1c(C)nn(C)c1C=NC. The molecular formula is C10H15N3. The standard InChI is InChI=1S/C10H15N3/c1-7(2)10-8(3)12-13(5)9(10)6-11-4/h6H,1H2,2-5H3. The monoisotopic (exact) mass is 177 g/mol. The quantitative estimate of drug-likeness (QED) is 0.634. The molecule has 13 heavy (non-hydrogen) atoms. The van der Waals surface area contributed by atoms with Gasteiger partial charge in [0.1, 0.15) is 0 Å². The molecule has 0 aromatic carbocycles. The molecule has 0 N–H and O–H groups in total. The number of rotatable bonds is 2. The Labute approximate surface area is 78.8 Å². The molecule has 0 atom stereocenters. The van der Waals surface area contributed by atoms with Gasteiger partial charge in [0.25, 0.3) is 0 Å². The Bertz CT molecular complexity index is 358. The minimum Gasteiger partial charge on any atom is -0.294 e. The molecule has 0 spiro atoms. The number of aromatic nitrogens is 2. The van der Waals surface area contributed by atoms with Crippen LogP contribution < -0.4 is 0 Å². The molecule has 0 fully saturated rings.